The number of ether oxygens (including phenoxy) is 1. The standard InChI is InChI=1S/C19H19NO4/c1-12(21)16-17(18(22)13-6-4-3-5-7-13)20(19(16)23)14-8-10-15(24-2)11-9-14/h3-12,16-17,21H,1-2H3. The molecule has 1 amide bonds. The summed E-state index contributed by atoms with van der Waals surface area (Å²) in [6, 6.07) is 15.1. The third-order valence-corrected chi connectivity index (χ3v) is 4.34. The molecule has 5 nitrogen and oxygen atoms in total. The van der Waals surface area contributed by atoms with Gasteiger partial charge in [-0.25, -0.2) is 0 Å². The van der Waals surface area contributed by atoms with Crippen LogP contribution in [0.4, 0.5) is 5.69 Å². The summed E-state index contributed by atoms with van der Waals surface area (Å²) in [5, 5.41) is 9.94. The summed E-state index contributed by atoms with van der Waals surface area (Å²) in [5.41, 5.74) is 1.14. The van der Waals surface area contributed by atoms with Crippen LogP contribution in [0, 0.1) is 5.92 Å². The minimum absolute atomic E-state index is 0.170. The van der Waals surface area contributed by atoms with Crippen LogP contribution in [0.25, 0.3) is 0 Å². The quantitative estimate of drug-likeness (QED) is 0.676. The van der Waals surface area contributed by atoms with Crippen molar-refractivity contribution < 1.29 is 19.4 Å². The first-order valence-electron chi connectivity index (χ1n) is 7.79. The average Bonchev–Trinajstić information content (AvgIpc) is 2.60. The predicted octanol–water partition coefficient (Wildman–Crippen LogP) is 2.29. The molecule has 3 unspecified atom stereocenters. The van der Waals surface area contributed by atoms with Gasteiger partial charge in [-0.15, -0.1) is 0 Å². The van der Waals surface area contributed by atoms with Gasteiger partial charge in [-0.2, -0.15) is 0 Å². The number of carbonyl (C=O) groups is 2. The van der Waals surface area contributed by atoms with Gasteiger partial charge >= 0.3 is 0 Å². The molecule has 3 atom stereocenters. The molecule has 0 bridgehead atoms. The Balaban J connectivity index is 1.95. The minimum atomic E-state index is -0.885. The monoisotopic (exact) mass is 325 g/mol. The van der Waals surface area contributed by atoms with Gasteiger partial charge in [0.15, 0.2) is 5.78 Å². The van der Waals surface area contributed by atoms with Crippen molar-refractivity contribution in [2.75, 3.05) is 12.0 Å². The lowest BCUT2D eigenvalue weighted by Crippen LogP contribution is -2.67. The number of methoxy groups -OCH3 is 1. The van der Waals surface area contributed by atoms with Crippen molar-refractivity contribution in [1.29, 1.82) is 0 Å². The zero-order valence-corrected chi connectivity index (χ0v) is 13.5. The Morgan fingerprint density at radius 1 is 1.12 bits per heavy atom. The van der Waals surface area contributed by atoms with E-state index in [0.29, 0.717) is 17.0 Å². The molecule has 2 aromatic rings. The van der Waals surface area contributed by atoms with E-state index in [1.807, 2.05) is 6.07 Å². The van der Waals surface area contributed by atoms with Crippen molar-refractivity contribution in [3.05, 3.63) is 60.2 Å². The number of hydrogen-bond acceptors (Lipinski definition) is 4. The number of ketones is 1. The summed E-state index contributed by atoms with van der Waals surface area (Å²) in [6.45, 7) is 1.54. The Bertz CT molecular complexity index is 740. The normalized spacial score (nSPS) is 21.1. The van der Waals surface area contributed by atoms with Gasteiger partial charge in [-0.05, 0) is 31.2 Å². The zero-order chi connectivity index (χ0) is 17.3. The minimum Gasteiger partial charge on any atom is -0.497 e. The number of rotatable bonds is 5. The van der Waals surface area contributed by atoms with E-state index in [1.54, 1.807) is 62.6 Å². The third-order valence-electron chi connectivity index (χ3n) is 4.34. The molecule has 1 fully saturated rings. The lowest BCUT2D eigenvalue weighted by atomic mass is 9.78. The van der Waals surface area contributed by atoms with Crippen molar-refractivity contribution in [2.45, 2.75) is 19.1 Å². The van der Waals surface area contributed by atoms with E-state index in [-0.39, 0.29) is 11.7 Å². The van der Waals surface area contributed by atoms with E-state index in [2.05, 4.69) is 0 Å². The molecule has 0 radical (unpaired) electrons. The number of anilines is 1. The van der Waals surface area contributed by atoms with Crippen molar-refractivity contribution >= 4 is 17.4 Å². The first kappa shape index (κ1) is 16.2. The fourth-order valence-electron chi connectivity index (χ4n) is 3.07. The maximum atomic E-state index is 12.9. The number of benzene rings is 2. The van der Waals surface area contributed by atoms with Crippen molar-refractivity contribution in [3.8, 4) is 5.75 Å². The Labute approximate surface area is 140 Å². The molecule has 3 rings (SSSR count). The maximum Gasteiger partial charge on any atom is 0.236 e. The Hall–Kier alpha value is -2.66. The second-order valence-electron chi connectivity index (χ2n) is 5.85. The van der Waals surface area contributed by atoms with Crippen molar-refractivity contribution in [3.63, 3.8) is 0 Å². The van der Waals surface area contributed by atoms with E-state index in [1.165, 1.54) is 4.90 Å². The average molecular weight is 325 g/mol. The number of β-lactam (4-membered cyclic amide) rings is 1. The highest BCUT2D eigenvalue weighted by molar-refractivity contribution is 6.17. The molecule has 24 heavy (non-hydrogen) atoms. The van der Waals surface area contributed by atoms with Crippen molar-refractivity contribution in [1.82, 2.24) is 0 Å². The van der Waals surface area contributed by atoms with Crippen LogP contribution in [0.1, 0.15) is 17.3 Å². The van der Waals surface area contributed by atoms with Crippen LogP contribution in [0.15, 0.2) is 54.6 Å². The van der Waals surface area contributed by atoms with Crippen LogP contribution >= 0.6 is 0 Å². The van der Waals surface area contributed by atoms with Crippen LogP contribution in [-0.2, 0) is 4.79 Å². The zero-order valence-electron chi connectivity index (χ0n) is 13.5. The fraction of sp³-hybridized carbons (Fsp3) is 0.263. The number of hydrogen-bond donors (Lipinski definition) is 1. The molecule has 5 heteroatoms. The summed E-state index contributed by atoms with van der Waals surface area (Å²) in [4.78, 5) is 26.8. The van der Waals surface area contributed by atoms with Gasteiger partial charge in [-0.1, -0.05) is 30.3 Å². The second-order valence-corrected chi connectivity index (χ2v) is 5.85. The van der Waals surface area contributed by atoms with Gasteiger partial charge in [0, 0.05) is 11.3 Å². The van der Waals surface area contributed by atoms with Crippen LogP contribution in [-0.4, -0.2) is 36.1 Å². The molecule has 1 aliphatic rings. The second kappa shape index (κ2) is 6.45. The fourth-order valence-corrected chi connectivity index (χ4v) is 3.07. The highest BCUT2D eigenvalue weighted by Crippen LogP contribution is 2.37. The Morgan fingerprint density at radius 2 is 1.75 bits per heavy atom. The van der Waals surface area contributed by atoms with Gasteiger partial charge in [0.2, 0.25) is 5.91 Å². The maximum absolute atomic E-state index is 12.9. The summed E-state index contributed by atoms with van der Waals surface area (Å²) >= 11 is 0. The van der Waals surface area contributed by atoms with Crippen LogP contribution in [0.2, 0.25) is 0 Å². The molecule has 0 aromatic heterocycles. The van der Waals surface area contributed by atoms with Crippen LogP contribution in [0.5, 0.6) is 5.75 Å². The van der Waals surface area contributed by atoms with Crippen LogP contribution < -0.4 is 9.64 Å². The molecule has 0 spiro atoms. The van der Waals surface area contributed by atoms with E-state index < -0.39 is 18.1 Å². The molecule has 0 aliphatic carbocycles. The topological polar surface area (TPSA) is 66.8 Å². The van der Waals surface area contributed by atoms with E-state index in [0.717, 1.165) is 0 Å². The lowest BCUT2D eigenvalue weighted by molar-refractivity contribution is -0.133. The molecular weight excluding hydrogens is 306 g/mol. The number of aliphatic hydroxyl groups excluding tert-OH is 1. The summed E-state index contributed by atoms with van der Waals surface area (Å²) < 4.78 is 5.12. The first-order valence-corrected chi connectivity index (χ1v) is 7.79. The molecule has 0 saturated carbocycles. The van der Waals surface area contributed by atoms with Gasteiger partial charge in [0.25, 0.3) is 0 Å². The predicted molar refractivity (Wildman–Crippen MR) is 90.2 cm³/mol. The van der Waals surface area contributed by atoms with E-state index >= 15 is 0 Å². The first-order chi connectivity index (χ1) is 11.5. The SMILES string of the molecule is COc1ccc(N2C(=O)C(C(C)O)C2C(=O)c2ccccc2)cc1. The highest BCUT2D eigenvalue weighted by atomic mass is 16.5. The van der Waals surface area contributed by atoms with Gasteiger partial charge in [0.05, 0.1) is 19.1 Å². The highest BCUT2D eigenvalue weighted by Gasteiger charge is 2.54. The van der Waals surface area contributed by atoms with Gasteiger partial charge < -0.3 is 14.7 Å². The Kier molecular flexibility index (Phi) is 4.36. The van der Waals surface area contributed by atoms with Crippen LogP contribution in [0.3, 0.4) is 0 Å². The molecule has 1 N–H and O–H groups in total. The molecule has 1 heterocycles. The van der Waals surface area contributed by atoms with E-state index in [9.17, 15) is 14.7 Å². The van der Waals surface area contributed by atoms with Crippen molar-refractivity contribution in [2.24, 2.45) is 5.92 Å². The van der Waals surface area contributed by atoms with E-state index in [4.69, 9.17) is 4.74 Å². The molecule has 1 aliphatic heterocycles. The van der Waals surface area contributed by atoms with Gasteiger partial charge in [0.1, 0.15) is 11.8 Å². The summed E-state index contributed by atoms with van der Waals surface area (Å²) in [7, 11) is 1.56. The number of Topliss-reactive ketones (excluding diaryl/α,β-unsaturated/α-hetero) is 1. The van der Waals surface area contributed by atoms with Gasteiger partial charge in [-0.3, -0.25) is 9.59 Å². The number of carbonyl (C=O) groups excluding carboxylic acids is 2. The smallest absolute Gasteiger partial charge is 0.236 e. The lowest BCUT2D eigenvalue weighted by Gasteiger charge is -2.47. The summed E-state index contributed by atoms with van der Waals surface area (Å²) in [5.74, 6) is -0.467. The Morgan fingerprint density at radius 3 is 2.29 bits per heavy atom. The molecule has 1 saturated heterocycles. The number of nitrogens with zero attached hydrogens (tertiary/aromatic N) is 1. The molecular formula is C19H19NO4. The molecule has 2 aromatic carbocycles. The molecule has 124 valence electrons. The summed E-state index contributed by atoms with van der Waals surface area (Å²) in [6.07, 6.45) is -0.885. The third kappa shape index (κ3) is 2.67. The number of aliphatic hydroxyl groups is 1. The largest absolute Gasteiger partial charge is 0.497 e. The number of amides is 1.